The van der Waals surface area contributed by atoms with Crippen molar-refractivity contribution >= 4 is 5.91 Å². The van der Waals surface area contributed by atoms with Gasteiger partial charge in [0.15, 0.2) is 0 Å². The summed E-state index contributed by atoms with van der Waals surface area (Å²) in [6.45, 7) is 6.20. The molecule has 1 aromatic heterocycles. The molecule has 0 saturated carbocycles. The monoisotopic (exact) mass is 312 g/mol. The topological polar surface area (TPSA) is 41.4 Å². The van der Waals surface area contributed by atoms with E-state index >= 15 is 0 Å². The fraction of sp³-hybridized carbons (Fsp3) is 0.444. The first-order chi connectivity index (χ1) is 10.9. The van der Waals surface area contributed by atoms with E-state index in [1.165, 1.54) is 11.1 Å². The number of hydrogen-bond acceptors (Lipinski definition) is 3. The van der Waals surface area contributed by atoms with Gasteiger partial charge >= 0.3 is 0 Å². The molecule has 2 heterocycles. The van der Waals surface area contributed by atoms with Gasteiger partial charge in [-0.05, 0) is 51.2 Å². The van der Waals surface area contributed by atoms with Crippen LogP contribution in [0.5, 0.6) is 0 Å². The molecule has 122 valence electrons. The third-order valence-electron chi connectivity index (χ3n) is 4.55. The van der Waals surface area contributed by atoms with Gasteiger partial charge in [0.1, 0.15) is 0 Å². The van der Waals surface area contributed by atoms with E-state index in [1.807, 2.05) is 55.8 Å². The summed E-state index contributed by atoms with van der Waals surface area (Å²) in [6, 6.07) is 5.93. The van der Waals surface area contributed by atoms with Crippen LogP contribution in [-0.2, 0) is 26.7 Å². The molecule has 0 spiro atoms. The van der Waals surface area contributed by atoms with Crippen LogP contribution in [0.25, 0.3) is 0 Å². The highest BCUT2D eigenvalue weighted by Crippen LogP contribution is 2.27. The number of aromatic nitrogens is 2. The normalized spacial score (nSPS) is 13.7. The van der Waals surface area contributed by atoms with Crippen molar-refractivity contribution in [2.45, 2.75) is 33.5 Å². The zero-order valence-corrected chi connectivity index (χ0v) is 14.6. The Kier molecular flexibility index (Phi) is 3.98. The van der Waals surface area contributed by atoms with Crippen molar-refractivity contribution in [2.75, 3.05) is 14.1 Å². The summed E-state index contributed by atoms with van der Waals surface area (Å²) in [5.74, 6) is 0.0973. The molecule has 1 aliphatic heterocycles. The van der Waals surface area contributed by atoms with Gasteiger partial charge in [0, 0.05) is 24.7 Å². The molecule has 1 amide bonds. The van der Waals surface area contributed by atoms with Crippen LogP contribution in [0.3, 0.4) is 0 Å². The molecule has 0 radical (unpaired) electrons. The molecule has 0 aliphatic carbocycles. The third kappa shape index (κ3) is 2.88. The number of nitrogens with zero attached hydrogens (tertiary/aromatic N) is 4. The molecular formula is C18H24N4O. The van der Waals surface area contributed by atoms with Crippen LogP contribution in [0.2, 0.25) is 0 Å². The molecule has 0 unspecified atom stereocenters. The molecule has 0 N–H and O–H groups in total. The van der Waals surface area contributed by atoms with Crippen LogP contribution in [0, 0.1) is 13.8 Å². The Morgan fingerprint density at radius 1 is 1.22 bits per heavy atom. The Balaban J connectivity index is 1.84. The number of carbonyl (C=O) groups excluding carboxylic acids is 1. The quantitative estimate of drug-likeness (QED) is 0.873. The maximum atomic E-state index is 12.8. The van der Waals surface area contributed by atoms with Crippen molar-refractivity contribution in [1.82, 2.24) is 19.6 Å². The first kappa shape index (κ1) is 15.7. The molecule has 0 bridgehead atoms. The summed E-state index contributed by atoms with van der Waals surface area (Å²) in [5, 5.41) is 4.60. The van der Waals surface area contributed by atoms with Gasteiger partial charge in [-0.3, -0.25) is 9.48 Å². The van der Waals surface area contributed by atoms with E-state index in [-0.39, 0.29) is 5.91 Å². The van der Waals surface area contributed by atoms with Crippen molar-refractivity contribution < 1.29 is 4.79 Å². The molecular weight excluding hydrogens is 288 g/mol. The average Bonchev–Trinajstić information content (AvgIpc) is 3.03. The lowest BCUT2D eigenvalue weighted by molar-refractivity contribution is 0.0748. The number of carbonyl (C=O) groups is 1. The second-order valence-electron chi connectivity index (χ2n) is 6.69. The van der Waals surface area contributed by atoms with E-state index in [0.717, 1.165) is 29.1 Å². The Bertz CT molecular complexity index is 761. The summed E-state index contributed by atoms with van der Waals surface area (Å²) in [4.78, 5) is 16.8. The highest BCUT2D eigenvalue weighted by Gasteiger charge is 2.30. The average molecular weight is 312 g/mol. The van der Waals surface area contributed by atoms with Crippen LogP contribution in [0.15, 0.2) is 18.2 Å². The summed E-state index contributed by atoms with van der Waals surface area (Å²) in [5.41, 5.74) is 6.56. The molecule has 0 saturated heterocycles. The first-order valence-corrected chi connectivity index (χ1v) is 7.91. The van der Waals surface area contributed by atoms with Gasteiger partial charge in [-0.2, -0.15) is 5.10 Å². The van der Waals surface area contributed by atoms with Crippen molar-refractivity contribution in [3.63, 3.8) is 0 Å². The van der Waals surface area contributed by atoms with Gasteiger partial charge in [0.2, 0.25) is 0 Å². The smallest absolute Gasteiger partial charge is 0.254 e. The van der Waals surface area contributed by atoms with Gasteiger partial charge in [0.25, 0.3) is 5.91 Å². The van der Waals surface area contributed by atoms with Gasteiger partial charge in [-0.25, -0.2) is 0 Å². The van der Waals surface area contributed by atoms with E-state index in [2.05, 4.69) is 16.9 Å². The van der Waals surface area contributed by atoms with Gasteiger partial charge in [-0.15, -0.1) is 0 Å². The third-order valence-corrected chi connectivity index (χ3v) is 4.55. The van der Waals surface area contributed by atoms with Gasteiger partial charge in [-0.1, -0.05) is 6.07 Å². The highest BCUT2D eigenvalue weighted by atomic mass is 16.2. The molecule has 5 nitrogen and oxygen atoms in total. The SMILES string of the molecule is Cc1ccc(C(=O)N2Cc3c(CN(C)C)nn(C)c3C2)cc1C. The van der Waals surface area contributed by atoms with Gasteiger partial charge < -0.3 is 9.80 Å². The van der Waals surface area contributed by atoms with Crippen molar-refractivity contribution in [1.29, 1.82) is 0 Å². The molecule has 0 fully saturated rings. The summed E-state index contributed by atoms with van der Waals surface area (Å²) in [6.07, 6.45) is 0. The van der Waals surface area contributed by atoms with E-state index < -0.39 is 0 Å². The molecule has 2 aromatic rings. The Morgan fingerprint density at radius 2 is 1.96 bits per heavy atom. The standard InChI is InChI=1S/C18H24N4O/c1-12-6-7-14(8-13(12)2)18(23)22-9-15-16(10-20(3)4)19-21(5)17(15)11-22/h6-8H,9-11H2,1-5H3. The number of benzene rings is 1. The van der Waals surface area contributed by atoms with Crippen LogP contribution >= 0.6 is 0 Å². The molecule has 1 aromatic carbocycles. The number of fused-ring (bicyclic) bond motifs is 1. The lowest BCUT2D eigenvalue weighted by Crippen LogP contribution is -2.26. The number of hydrogen-bond donors (Lipinski definition) is 0. The molecule has 23 heavy (non-hydrogen) atoms. The van der Waals surface area contributed by atoms with Crippen molar-refractivity contribution in [3.8, 4) is 0 Å². The van der Waals surface area contributed by atoms with E-state index in [1.54, 1.807) is 0 Å². The lowest BCUT2D eigenvalue weighted by Gasteiger charge is -2.17. The van der Waals surface area contributed by atoms with Crippen LogP contribution in [0.1, 0.15) is 38.4 Å². The highest BCUT2D eigenvalue weighted by molar-refractivity contribution is 5.94. The lowest BCUT2D eigenvalue weighted by atomic mass is 10.1. The minimum atomic E-state index is 0.0973. The largest absolute Gasteiger partial charge is 0.328 e. The minimum Gasteiger partial charge on any atom is -0.328 e. The second-order valence-corrected chi connectivity index (χ2v) is 6.69. The van der Waals surface area contributed by atoms with E-state index in [9.17, 15) is 4.79 Å². The Hall–Kier alpha value is -2.14. The summed E-state index contributed by atoms with van der Waals surface area (Å²) >= 11 is 0. The maximum absolute atomic E-state index is 12.8. The second kappa shape index (κ2) is 5.81. The van der Waals surface area contributed by atoms with E-state index in [4.69, 9.17) is 0 Å². The fourth-order valence-corrected chi connectivity index (χ4v) is 3.10. The number of rotatable bonds is 3. The molecule has 3 rings (SSSR count). The van der Waals surface area contributed by atoms with Crippen molar-refractivity contribution in [2.24, 2.45) is 7.05 Å². The predicted octanol–water partition coefficient (Wildman–Crippen LogP) is 2.25. The molecule has 1 aliphatic rings. The zero-order valence-electron chi connectivity index (χ0n) is 14.6. The van der Waals surface area contributed by atoms with Crippen LogP contribution in [0.4, 0.5) is 0 Å². The van der Waals surface area contributed by atoms with Crippen LogP contribution < -0.4 is 0 Å². The van der Waals surface area contributed by atoms with Crippen molar-refractivity contribution in [3.05, 3.63) is 51.8 Å². The first-order valence-electron chi connectivity index (χ1n) is 7.91. The minimum absolute atomic E-state index is 0.0973. The van der Waals surface area contributed by atoms with E-state index in [0.29, 0.717) is 13.1 Å². The zero-order chi connectivity index (χ0) is 16.7. The Labute approximate surface area is 137 Å². The van der Waals surface area contributed by atoms with Gasteiger partial charge in [0.05, 0.1) is 24.5 Å². The van der Waals surface area contributed by atoms with Crippen LogP contribution in [-0.4, -0.2) is 39.6 Å². The number of aryl methyl sites for hydroxylation is 3. The number of amides is 1. The fourth-order valence-electron chi connectivity index (χ4n) is 3.10. The summed E-state index contributed by atoms with van der Waals surface area (Å²) in [7, 11) is 6.03. The predicted molar refractivity (Wildman–Crippen MR) is 90.1 cm³/mol. The Morgan fingerprint density at radius 3 is 2.61 bits per heavy atom. The maximum Gasteiger partial charge on any atom is 0.254 e. The summed E-state index contributed by atoms with van der Waals surface area (Å²) < 4.78 is 1.92. The molecule has 5 heteroatoms. The molecule has 0 atom stereocenters.